The Labute approximate surface area is 368 Å². The monoisotopic (exact) mass is 910 g/mol. The average molecular weight is 911 g/mol. The van der Waals surface area contributed by atoms with Crippen molar-refractivity contribution in [3.63, 3.8) is 0 Å². The van der Waals surface area contributed by atoms with Gasteiger partial charge < -0.3 is 0 Å². The van der Waals surface area contributed by atoms with E-state index in [2.05, 4.69) is 0 Å². The van der Waals surface area contributed by atoms with Crippen LogP contribution in [0.25, 0.3) is 0 Å². The third-order valence-electron chi connectivity index (χ3n) is 11.5. The molecule has 0 aliphatic carbocycles. The summed E-state index contributed by atoms with van der Waals surface area (Å²) in [5.41, 5.74) is -2.60. The molecule has 64 heavy (non-hydrogen) atoms. The summed E-state index contributed by atoms with van der Waals surface area (Å²) in [4.78, 5) is 29.5. The van der Waals surface area contributed by atoms with E-state index in [0.29, 0.717) is 44.5 Å². The average Bonchev–Trinajstić information content (AvgIpc) is 3.30. The zero-order chi connectivity index (χ0) is 45.7. The molecule has 0 fully saturated rings. The predicted octanol–water partition coefficient (Wildman–Crippen LogP) is 11.4. The van der Waals surface area contributed by atoms with Crippen molar-refractivity contribution in [2.45, 2.75) is 12.4 Å². The fraction of sp³-hybridized carbons (Fsp3) is 0.120. The summed E-state index contributed by atoms with van der Waals surface area (Å²) in [6, 6.07) is 52.8. The molecule has 0 heterocycles. The minimum absolute atomic E-state index is 0.00216. The Morgan fingerprint density at radius 1 is 0.438 bits per heavy atom. The zero-order valence-corrected chi connectivity index (χ0v) is 36.5. The molecule has 0 saturated carbocycles. The first-order valence-corrected chi connectivity index (χ1v) is 25.7. The van der Waals surface area contributed by atoms with Crippen LogP contribution in [0.3, 0.4) is 0 Å². The SMILES string of the molecule is CP(CC(=O)c1ccccc1)(OB(Oc1cc(C(F)(F)F)cc(C(F)(F)F)c1)OP(C)(CC(=O)c1ccccc1)(c1ccccc1)c1ccccc1)(c1ccccc1)c1ccccc1. The number of halogens is 6. The quantitative estimate of drug-likeness (QED) is 0.0418. The number of ketones is 2. The van der Waals surface area contributed by atoms with E-state index in [0.717, 1.165) is 0 Å². The van der Waals surface area contributed by atoms with Gasteiger partial charge in [-0.15, -0.1) is 0 Å². The Morgan fingerprint density at radius 3 is 0.969 bits per heavy atom. The molecule has 0 saturated heterocycles. The van der Waals surface area contributed by atoms with Gasteiger partial charge in [-0.3, -0.25) is 0 Å². The Bertz CT molecular complexity index is 2450. The van der Waals surface area contributed by atoms with Gasteiger partial charge in [0.05, 0.1) is 0 Å². The van der Waals surface area contributed by atoms with Gasteiger partial charge in [0.2, 0.25) is 0 Å². The van der Waals surface area contributed by atoms with Crippen LogP contribution in [0.2, 0.25) is 0 Å². The molecule has 0 aromatic heterocycles. The first-order valence-electron chi connectivity index (χ1n) is 20.1. The molecule has 0 N–H and O–H groups in total. The predicted molar refractivity (Wildman–Crippen MR) is 246 cm³/mol. The second kappa shape index (κ2) is 17.9. The third-order valence-corrected chi connectivity index (χ3v) is 21.7. The molecule has 7 rings (SSSR count). The molecule has 7 aromatic carbocycles. The van der Waals surface area contributed by atoms with E-state index in [9.17, 15) is 35.9 Å². The van der Waals surface area contributed by atoms with Crippen LogP contribution in [0, 0.1) is 0 Å². The molecule has 0 atom stereocenters. The van der Waals surface area contributed by atoms with Crippen molar-refractivity contribution in [3.05, 3.63) is 222 Å². The van der Waals surface area contributed by atoms with Gasteiger partial charge in [0, 0.05) is 0 Å². The van der Waals surface area contributed by atoms with Crippen LogP contribution in [0.1, 0.15) is 31.8 Å². The molecular weight excluding hydrogens is 867 g/mol. The number of hydrogen-bond acceptors (Lipinski definition) is 5. The van der Waals surface area contributed by atoms with Crippen LogP contribution < -0.4 is 25.9 Å². The summed E-state index contributed by atoms with van der Waals surface area (Å²) in [7, 11) is -2.19. The van der Waals surface area contributed by atoms with E-state index >= 15 is 0 Å². The van der Waals surface area contributed by atoms with Crippen LogP contribution in [0.4, 0.5) is 26.3 Å². The number of rotatable bonds is 16. The first-order chi connectivity index (χ1) is 30.4. The van der Waals surface area contributed by atoms with Crippen molar-refractivity contribution >= 4 is 53.8 Å². The summed E-state index contributed by atoms with van der Waals surface area (Å²) < 4.78 is 108. The molecule has 5 nitrogen and oxygen atoms in total. The second-order valence-corrected chi connectivity index (χ2v) is 25.8. The number of benzene rings is 7. The van der Waals surface area contributed by atoms with Gasteiger partial charge >= 0.3 is 369 Å². The van der Waals surface area contributed by atoms with Crippen molar-refractivity contribution in [2.24, 2.45) is 0 Å². The number of Topliss-reactive ketones (excluding diaryl/α,β-unsaturated/α-hetero) is 2. The van der Waals surface area contributed by atoms with E-state index in [4.69, 9.17) is 13.5 Å². The maximum absolute atomic E-state index is 14.7. The first kappa shape index (κ1) is 46.1. The zero-order valence-electron chi connectivity index (χ0n) is 34.7. The van der Waals surface area contributed by atoms with Crippen molar-refractivity contribution in [2.75, 3.05) is 25.7 Å². The molecule has 0 spiro atoms. The molecule has 7 aromatic rings. The van der Waals surface area contributed by atoms with E-state index < -0.39 is 50.2 Å². The minimum atomic E-state index is -5.23. The topological polar surface area (TPSA) is 61.8 Å². The Hall–Kier alpha value is -5.90. The van der Waals surface area contributed by atoms with Crippen LogP contribution >= 0.6 is 13.7 Å². The number of hydrogen-bond donors (Lipinski definition) is 0. The molecule has 0 amide bonds. The number of alkyl halides is 6. The van der Waals surface area contributed by atoms with Gasteiger partial charge in [-0.1, -0.05) is 0 Å². The molecule has 14 heteroatoms. The van der Waals surface area contributed by atoms with Crippen molar-refractivity contribution in [3.8, 4) is 5.75 Å². The molecular formula is C50H43BF6O5P2. The second-order valence-electron chi connectivity index (χ2n) is 16.0. The fourth-order valence-corrected chi connectivity index (χ4v) is 16.7. The van der Waals surface area contributed by atoms with E-state index in [1.54, 1.807) is 195 Å². The van der Waals surface area contributed by atoms with E-state index in [1.807, 2.05) is 0 Å². The van der Waals surface area contributed by atoms with Crippen molar-refractivity contribution in [1.29, 1.82) is 0 Å². The van der Waals surface area contributed by atoms with Crippen LogP contribution in [-0.2, 0) is 21.2 Å². The standard InChI is InChI=1S/C50H43BF6O5P2/c1-63(43-25-13-5-14-26-43,44-27-15-6-16-28-44,36-47(58)38-21-9-3-10-22-38)61-51(60-42-34-40(49(52,53)54)33-41(35-42)50(55,56)57)62-64(2,45-29-17-7-18-30-45,46-31-19-8-20-32-46)37-48(59)39-23-11-4-12-24-39/h3-35H,36-37H2,1-2H3. The van der Waals surface area contributed by atoms with Gasteiger partial charge in [0.25, 0.3) is 0 Å². The van der Waals surface area contributed by atoms with Gasteiger partial charge in [0.15, 0.2) is 0 Å². The summed E-state index contributed by atoms with van der Waals surface area (Å²) in [6.07, 6.45) is -11.1. The van der Waals surface area contributed by atoms with Gasteiger partial charge in [0.1, 0.15) is 0 Å². The van der Waals surface area contributed by atoms with Crippen LogP contribution in [0.15, 0.2) is 200 Å². The van der Waals surface area contributed by atoms with Crippen molar-refractivity contribution < 1.29 is 49.5 Å². The Kier molecular flexibility index (Phi) is 12.9. The third kappa shape index (κ3) is 9.47. The Morgan fingerprint density at radius 2 is 0.703 bits per heavy atom. The number of carbonyl (C=O) groups excluding carboxylic acids is 2. The molecule has 0 radical (unpaired) electrons. The summed E-state index contributed by atoms with van der Waals surface area (Å²) in [5, 5.41) is 1.99. The summed E-state index contributed by atoms with van der Waals surface area (Å²) in [6.45, 7) is -5.91. The summed E-state index contributed by atoms with van der Waals surface area (Å²) >= 11 is 0. The van der Waals surface area contributed by atoms with Gasteiger partial charge in [-0.2, -0.15) is 0 Å². The molecule has 0 bridgehead atoms. The molecule has 0 unspecified atom stereocenters. The Balaban J connectivity index is 1.56. The van der Waals surface area contributed by atoms with Crippen LogP contribution in [0.5, 0.6) is 5.75 Å². The van der Waals surface area contributed by atoms with E-state index in [1.165, 1.54) is 0 Å². The van der Waals surface area contributed by atoms with Crippen LogP contribution in [-0.4, -0.2) is 44.5 Å². The number of carbonyl (C=O) groups is 2. The summed E-state index contributed by atoms with van der Waals surface area (Å²) in [5.74, 6) is -1.62. The van der Waals surface area contributed by atoms with Gasteiger partial charge in [-0.05, 0) is 0 Å². The molecule has 328 valence electrons. The van der Waals surface area contributed by atoms with Gasteiger partial charge in [-0.25, -0.2) is 0 Å². The fourth-order valence-electron chi connectivity index (χ4n) is 8.01. The maximum atomic E-state index is 14.7. The molecule has 0 aliphatic heterocycles. The van der Waals surface area contributed by atoms with Crippen molar-refractivity contribution in [1.82, 2.24) is 0 Å². The van der Waals surface area contributed by atoms with E-state index in [-0.39, 0.29) is 30.0 Å². The normalized spacial score (nSPS) is 13.4. The molecule has 0 aliphatic rings.